The maximum atomic E-state index is 9.09. The first-order chi connectivity index (χ1) is 6.86. The van der Waals surface area contributed by atoms with Gasteiger partial charge >= 0.3 is 0 Å². The summed E-state index contributed by atoms with van der Waals surface area (Å²) in [6.45, 7) is 4.02. The zero-order valence-electron chi connectivity index (χ0n) is 9.17. The number of hydrogen-bond acceptors (Lipinski definition) is 3. The van der Waals surface area contributed by atoms with Crippen LogP contribution in [0.3, 0.4) is 0 Å². The zero-order valence-corrected chi connectivity index (χ0v) is 9.17. The van der Waals surface area contributed by atoms with E-state index in [0.717, 1.165) is 26.1 Å². The molecule has 3 heteroatoms. The first kappa shape index (κ1) is 12.0. The van der Waals surface area contributed by atoms with Crippen molar-refractivity contribution in [3.05, 3.63) is 0 Å². The maximum Gasteiger partial charge on any atom is 0.0585 e. The highest BCUT2D eigenvalue weighted by Gasteiger charge is 2.23. The van der Waals surface area contributed by atoms with Crippen molar-refractivity contribution in [2.75, 3.05) is 19.8 Å². The molecule has 0 saturated heterocycles. The molecule has 1 aliphatic carbocycles. The summed E-state index contributed by atoms with van der Waals surface area (Å²) in [4.78, 5) is 0. The molecule has 1 rings (SSSR count). The van der Waals surface area contributed by atoms with Crippen molar-refractivity contribution in [2.24, 2.45) is 0 Å². The molecule has 14 heavy (non-hydrogen) atoms. The molecule has 0 amide bonds. The van der Waals surface area contributed by atoms with Gasteiger partial charge in [0.05, 0.1) is 6.61 Å². The van der Waals surface area contributed by atoms with Crippen LogP contribution in [0.1, 0.15) is 39.0 Å². The second kappa shape index (κ2) is 7.21. The average molecular weight is 201 g/mol. The summed E-state index contributed by atoms with van der Waals surface area (Å²) in [6.07, 6.45) is 5.79. The van der Waals surface area contributed by atoms with Gasteiger partial charge in [0.15, 0.2) is 0 Å². The Morgan fingerprint density at radius 1 is 1.43 bits per heavy atom. The van der Waals surface area contributed by atoms with Crippen LogP contribution in [0.5, 0.6) is 0 Å². The van der Waals surface area contributed by atoms with E-state index in [-0.39, 0.29) is 12.6 Å². The number of ether oxygens (including phenoxy) is 1. The summed E-state index contributed by atoms with van der Waals surface area (Å²) >= 11 is 0. The van der Waals surface area contributed by atoms with Crippen molar-refractivity contribution in [3.8, 4) is 0 Å². The largest absolute Gasteiger partial charge is 0.395 e. The lowest BCUT2D eigenvalue weighted by molar-refractivity contribution is 0.111. The summed E-state index contributed by atoms with van der Waals surface area (Å²) in [5.41, 5.74) is 0. The first-order valence-corrected chi connectivity index (χ1v) is 5.81. The molecule has 0 spiro atoms. The number of nitrogens with one attached hydrogen (secondary N) is 1. The fraction of sp³-hybridized carbons (Fsp3) is 1.00. The van der Waals surface area contributed by atoms with E-state index in [0.29, 0.717) is 6.04 Å². The van der Waals surface area contributed by atoms with E-state index in [4.69, 9.17) is 9.84 Å². The molecular formula is C11H23NO2. The van der Waals surface area contributed by atoms with Crippen molar-refractivity contribution in [1.29, 1.82) is 0 Å². The Bertz CT molecular complexity index is 137. The lowest BCUT2D eigenvalue weighted by Crippen LogP contribution is -2.35. The molecule has 0 heterocycles. The van der Waals surface area contributed by atoms with Gasteiger partial charge in [-0.3, -0.25) is 0 Å². The number of aliphatic hydroxyl groups is 1. The van der Waals surface area contributed by atoms with Crippen LogP contribution in [-0.2, 0) is 4.74 Å². The van der Waals surface area contributed by atoms with E-state index in [1.54, 1.807) is 0 Å². The highest BCUT2D eigenvalue weighted by molar-refractivity contribution is 4.84. The summed E-state index contributed by atoms with van der Waals surface area (Å²) in [6, 6.07) is 0.909. The van der Waals surface area contributed by atoms with Crippen molar-refractivity contribution < 1.29 is 9.84 Å². The Labute approximate surface area is 86.8 Å². The molecule has 1 saturated carbocycles. The molecule has 0 aromatic carbocycles. The minimum atomic E-state index is 0.230. The molecule has 1 unspecified atom stereocenters. The van der Waals surface area contributed by atoms with E-state index in [9.17, 15) is 0 Å². The van der Waals surface area contributed by atoms with E-state index in [1.165, 1.54) is 19.3 Å². The lowest BCUT2D eigenvalue weighted by atomic mass is 10.2. The van der Waals surface area contributed by atoms with Crippen LogP contribution in [-0.4, -0.2) is 37.0 Å². The van der Waals surface area contributed by atoms with Gasteiger partial charge in [-0.1, -0.05) is 13.3 Å². The highest BCUT2D eigenvalue weighted by atomic mass is 16.5. The van der Waals surface area contributed by atoms with Gasteiger partial charge in [-0.2, -0.15) is 0 Å². The third-order valence-corrected chi connectivity index (χ3v) is 2.52. The predicted molar refractivity (Wildman–Crippen MR) is 57.4 cm³/mol. The van der Waals surface area contributed by atoms with Crippen LogP contribution in [0.15, 0.2) is 0 Å². The summed E-state index contributed by atoms with van der Waals surface area (Å²) in [5.74, 6) is 0. The topological polar surface area (TPSA) is 41.5 Å². The Hall–Kier alpha value is -0.120. The second-order valence-electron chi connectivity index (χ2n) is 4.08. The van der Waals surface area contributed by atoms with Gasteiger partial charge in [-0.15, -0.1) is 0 Å². The van der Waals surface area contributed by atoms with Crippen LogP contribution in [0.25, 0.3) is 0 Å². The third kappa shape index (κ3) is 5.58. The zero-order chi connectivity index (χ0) is 10.2. The molecule has 0 aromatic heterocycles. The smallest absolute Gasteiger partial charge is 0.0585 e. The molecular weight excluding hydrogens is 178 g/mol. The molecule has 0 radical (unpaired) electrons. The van der Waals surface area contributed by atoms with Crippen molar-refractivity contribution in [2.45, 2.75) is 51.1 Å². The van der Waals surface area contributed by atoms with Gasteiger partial charge in [0.1, 0.15) is 0 Å². The molecule has 3 nitrogen and oxygen atoms in total. The van der Waals surface area contributed by atoms with Gasteiger partial charge in [0.25, 0.3) is 0 Å². The van der Waals surface area contributed by atoms with E-state index in [2.05, 4.69) is 12.2 Å². The van der Waals surface area contributed by atoms with Crippen LogP contribution >= 0.6 is 0 Å². The molecule has 0 bridgehead atoms. The predicted octanol–water partition coefficient (Wildman–Crippen LogP) is 1.31. The van der Waals surface area contributed by atoms with Crippen LogP contribution < -0.4 is 5.32 Å². The lowest BCUT2D eigenvalue weighted by Gasteiger charge is -2.15. The Morgan fingerprint density at radius 2 is 2.21 bits per heavy atom. The summed E-state index contributed by atoms with van der Waals surface area (Å²) in [5, 5.41) is 12.5. The Morgan fingerprint density at radius 3 is 2.79 bits per heavy atom. The molecule has 0 aromatic rings. The quantitative estimate of drug-likeness (QED) is 0.553. The van der Waals surface area contributed by atoms with Crippen molar-refractivity contribution >= 4 is 0 Å². The van der Waals surface area contributed by atoms with Gasteiger partial charge in [-0.05, 0) is 25.7 Å². The minimum Gasteiger partial charge on any atom is -0.395 e. The van der Waals surface area contributed by atoms with E-state index in [1.807, 2.05) is 0 Å². The first-order valence-electron chi connectivity index (χ1n) is 5.81. The standard InChI is InChI=1S/C11H23NO2/c1-2-3-7-14-8-6-11(9-13)12-10-4-5-10/h10-13H,2-9H2,1H3. The Kier molecular flexibility index (Phi) is 6.15. The number of unbranched alkanes of at least 4 members (excludes halogenated alkanes) is 1. The fourth-order valence-corrected chi connectivity index (χ4v) is 1.38. The summed E-state index contributed by atoms with van der Waals surface area (Å²) < 4.78 is 5.46. The monoisotopic (exact) mass is 201 g/mol. The minimum absolute atomic E-state index is 0.230. The van der Waals surface area contributed by atoms with Crippen LogP contribution in [0, 0.1) is 0 Å². The van der Waals surface area contributed by atoms with Crippen LogP contribution in [0.4, 0.5) is 0 Å². The third-order valence-electron chi connectivity index (χ3n) is 2.52. The summed E-state index contributed by atoms with van der Waals surface area (Å²) in [7, 11) is 0. The van der Waals surface area contributed by atoms with Gasteiger partial charge in [0.2, 0.25) is 0 Å². The fourth-order valence-electron chi connectivity index (χ4n) is 1.38. The number of hydrogen-bond donors (Lipinski definition) is 2. The van der Waals surface area contributed by atoms with Crippen molar-refractivity contribution in [3.63, 3.8) is 0 Å². The second-order valence-corrected chi connectivity index (χ2v) is 4.08. The van der Waals surface area contributed by atoms with Gasteiger partial charge in [-0.25, -0.2) is 0 Å². The normalized spacial score (nSPS) is 18.4. The van der Waals surface area contributed by atoms with Crippen LogP contribution in [0.2, 0.25) is 0 Å². The highest BCUT2D eigenvalue weighted by Crippen LogP contribution is 2.19. The van der Waals surface area contributed by atoms with Gasteiger partial charge in [0, 0.05) is 25.3 Å². The molecule has 1 aliphatic rings. The van der Waals surface area contributed by atoms with Gasteiger partial charge < -0.3 is 15.2 Å². The molecule has 1 atom stereocenters. The number of aliphatic hydroxyl groups excluding tert-OH is 1. The van der Waals surface area contributed by atoms with Crippen molar-refractivity contribution in [1.82, 2.24) is 5.32 Å². The van der Waals surface area contributed by atoms with E-state index >= 15 is 0 Å². The molecule has 0 aliphatic heterocycles. The SMILES string of the molecule is CCCCOCCC(CO)NC1CC1. The van der Waals surface area contributed by atoms with E-state index < -0.39 is 0 Å². The number of rotatable bonds is 9. The molecule has 1 fully saturated rings. The average Bonchev–Trinajstić information content (AvgIpc) is 2.99. The Balaban J connectivity index is 1.90. The molecule has 2 N–H and O–H groups in total. The molecule has 84 valence electrons. The maximum absolute atomic E-state index is 9.09.